The Kier molecular flexibility index (Phi) is 20.7. The number of rotatable bonds is 25. The number of halogens is 4. The van der Waals surface area contributed by atoms with Crippen LogP contribution in [0.4, 0.5) is 42.0 Å². The number of fused-ring (bicyclic) bond motifs is 1. The van der Waals surface area contributed by atoms with E-state index in [-0.39, 0.29) is 53.3 Å². The van der Waals surface area contributed by atoms with Crippen LogP contribution in [-0.4, -0.2) is 162 Å². The molecule has 0 bridgehead atoms. The SMILES string of the molecule is COc1cc(C(=O)NCCOCCOCCOCCN2CCC[C@@H](Nc3ncc(Cl)c(Nc4ccccc4S(=O)(=O)C(C)C)n3)C2)ccc1NCC#Cc1cc2c(NC3CCN(C)CC3)cccc2n1CC(F)(F)F. The van der Waals surface area contributed by atoms with Gasteiger partial charge in [-0.15, -0.1) is 0 Å². The molecule has 2 fully saturated rings. The summed E-state index contributed by atoms with van der Waals surface area (Å²) in [6.45, 7) is 9.26. The molecule has 17 nitrogen and oxygen atoms in total. The maximum Gasteiger partial charge on any atom is 0.406 e. The van der Waals surface area contributed by atoms with Crippen LogP contribution >= 0.6 is 11.6 Å². The molecular weight excluding hydrogens is 1010 g/mol. The molecule has 5 aromatic rings. The molecule has 0 aliphatic carbocycles. The molecule has 406 valence electrons. The zero-order valence-electron chi connectivity index (χ0n) is 42.9. The van der Waals surface area contributed by atoms with Gasteiger partial charge in [-0.05, 0) is 121 Å². The summed E-state index contributed by atoms with van der Waals surface area (Å²) in [5.74, 6) is 6.71. The Balaban J connectivity index is 0.760. The lowest BCUT2D eigenvalue weighted by atomic mass is 10.0. The number of alkyl halides is 3. The summed E-state index contributed by atoms with van der Waals surface area (Å²) in [5.41, 5.74) is 2.86. The zero-order chi connectivity index (χ0) is 53.4. The molecule has 0 spiro atoms. The predicted molar refractivity (Wildman–Crippen MR) is 287 cm³/mol. The van der Waals surface area contributed by atoms with Crippen molar-refractivity contribution < 1.29 is 45.3 Å². The van der Waals surface area contributed by atoms with Crippen LogP contribution in [0.25, 0.3) is 10.9 Å². The number of amides is 1. The molecule has 5 N–H and O–H groups in total. The number of hydrogen-bond acceptors (Lipinski definition) is 15. The number of carbonyl (C=O) groups is 1. The quantitative estimate of drug-likeness (QED) is 0.0280. The Labute approximate surface area is 442 Å². The van der Waals surface area contributed by atoms with Crippen LogP contribution in [0, 0.1) is 11.8 Å². The number of hydrogen-bond donors (Lipinski definition) is 5. The van der Waals surface area contributed by atoms with Gasteiger partial charge in [0.2, 0.25) is 5.95 Å². The van der Waals surface area contributed by atoms with Gasteiger partial charge in [0.25, 0.3) is 5.91 Å². The monoisotopic (exact) mass is 1080 g/mol. The van der Waals surface area contributed by atoms with Gasteiger partial charge < -0.3 is 55.0 Å². The highest BCUT2D eigenvalue weighted by Crippen LogP contribution is 2.33. The fourth-order valence-electron chi connectivity index (χ4n) is 8.85. The maximum atomic E-state index is 13.8. The number of likely N-dealkylation sites (tertiary alicyclic amines) is 2. The molecular formula is C53H68ClF3N10O7S. The van der Waals surface area contributed by atoms with Crippen molar-refractivity contribution in [3.8, 4) is 17.6 Å². The summed E-state index contributed by atoms with van der Waals surface area (Å²) >= 11 is 6.43. The molecule has 0 radical (unpaired) electrons. The zero-order valence-corrected chi connectivity index (χ0v) is 44.5. The van der Waals surface area contributed by atoms with Crippen molar-refractivity contribution in [3.63, 3.8) is 0 Å². The topological polar surface area (TPSA) is 185 Å². The van der Waals surface area contributed by atoms with E-state index >= 15 is 0 Å². The lowest BCUT2D eigenvalue weighted by Gasteiger charge is -2.33. The standard InChI is InChI=1S/C53H68ClF3N10O7S/c1-37(2)75(69,70)49-15-6-5-12-46(49)63-50-43(54)34-60-52(64-50)62-40-10-9-22-66(35-40)25-27-73-29-31-74-30-28-72-26-21-59-51(68)38-16-17-45(48(32-38)71-4)58-20-8-11-41-33-42-44(61-39-18-23-65(3)24-19-39)13-7-14-47(42)67(41)36-53(55,56)57/h5-7,12-17,32-34,37,39-40,58,61H,9-10,18-31,35-36H2,1-4H3,(H,59,68)(H2,60,62,63,64)/t40-/m1/s1. The Hall–Kier alpha value is -5.86. The summed E-state index contributed by atoms with van der Waals surface area (Å²) in [6.07, 6.45) is 0.870. The summed E-state index contributed by atoms with van der Waals surface area (Å²) in [7, 11) is 0.0178. The van der Waals surface area contributed by atoms with Crippen molar-refractivity contribution in [3.05, 3.63) is 89.2 Å². The van der Waals surface area contributed by atoms with Crippen molar-refractivity contribution in [1.29, 1.82) is 0 Å². The van der Waals surface area contributed by atoms with E-state index in [4.69, 9.17) is 30.5 Å². The number of piperidine rings is 2. The summed E-state index contributed by atoms with van der Waals surface area (Å²) in [4.78, 5) is 26.7. The molecule has 22 heteroatoms. The van der Waals surface area contributed by atoms with E-state index in [1.165, 1.54) is 17.9 Å². The second-order valence-electron chi connectivity index (χ2n) is 18.7. The van der Waals surface area contributed by atoms with E-state index in [2.05, 4.69) is 65.2 Å². The van der Waals surface area contributed by atoms with Crippen LogP contribution in [0.15, 0.2) is 77.8 Å². The fourth-order valence-corrected chi connectivity index (χ4v) is 10.2. The van der Waals surface area contributed by atoms with E-state index in [0.29, 0.717) is 78.4 Å². The first-order valence-corrected chi connectivity index (χ1v) is 27.2. The minimum Gasteiger partial charge on any atom is -0.495 e. The number of nitrogens with one attached hydrogen (secondary N) is 5. The lowest BCUT2D eigenvalue weighted by Crippen LogP contribution is -2.43. The number of methoxy groups -OCH3 is 1. The van der Waals surface area contributed by atoms with Crippen molar-refractivity contribution in [2.24, 2.45) is 0 Å². The van der Waals surface area contributed by atoms with Gasteiger partial charge in [-0.25, -0.2) is 13.4 Å². The second-order valence-corrected chi connectivity index (χ2v) is 21.6. The average Bonchev–Trinajstić information content (AvgIpc) is 3.74. The number of nitrogens with zero attached hydrogens (tertiary/aromatic N) is 5. The van der Waals surface area contributed by atoms with E-state index in [1.54, 1.807) is 74.5 Å². The lowest BCUT2D eigenvalue weighted by molar-refractivity contribution is -0.140. The highest BCUT2D eigenvalue weighted by Gasteiger charge is 2.30. The molecule has 0 saturated carbocycles. The van der Waals surface area contributed by atoms with Gasteiger partial charge in [-0.1, -0.05) is 35.7 Å². The third kappa shape index (κ3) is 16.6. The van der Waals surface area contributed by atoms with Gasteiger partial charge in [0.1, 0.15) is 17.3 Å². The van der Waals surface area contributed by atoms with Gasteiger partial charge >= 0.3 is 6.18 Å². The third-order valence-electron chi connectivity index (χ3n) is 12.9. The minimum absolute atomic E-state index is 0.0943. The van der Waals surface area contributed by atoms with Gasteiger partial charge in [-0.2, -0.15) is 18.2 Å². The molecule has 2 aromatic heterocycles. The summed E-state index contributed by atoms with van der Waals surface area (Å²) in [6, 6.07) is 19.0. The molecule has 1 atom stereocenters. The Morgan fingerprint density at radius 2 is 1.61 bits per heavy atom. The third-order valence-corrected chi connectivity index (χ3v) is 15.4. The minimum atomic E-state index is -4.44. The Morgan fingerprint density at radius 1 is 0.880 bits per heavy atom. The number of aromatic nitrogens is 3. The Morgan fingerprint density at radius 3 is 2.36 bits per heavy atom. The normalized spacial score (nSPS) is 15.9. The number of anilines is 5. The van der Waals surface area contributed by atoms with Gasteiger partial charge in [0, 0.05) is 48.4 Å². The number of sulfone groups is 1. The summed E-state index contributed by atoms with van der Waals surface area (Å²) in [5, 5.41) is 16.4. The molecule has 1 amide bonds. The average molecular weight is 1080 g/mol. The van der Waals surface area contributed by atoms with Crippen LogP contribution in [0.3, 0.4) is 0 Å². The first-order valence-electron chi connectivity index (χ1n) is 25.3. The highest BCUT2D eigenvalue weighted by atomic mass is 35.5. The van der Waals surface area contributed by atoms with E-state index in [9.17, 15) is 26.4 Å². The maximum absolute atomic E-state index is 13.8. The molecule has 2 aliphatic rings. The Bertz CT molecular complexity index is 2860. The van der Waals surface area contributed by atoms with Crippen molar-refractivity contribution >= 4 is 67.1 Å². The number of para-hydroxylation sites is 1. The predicted octanol–water partition coefficient (Wildman–Crippen LogP) is 7.91. The van der Waals surface area contributed by atoms with Crippen LogP contribution in [-0.2, 0) is 30.6 Å². The largest absolute Gasteiger partial charge is 0.495 e. The van der Waals surface area contributed by atoms with Crippen molar-refractivity contribution in [2.45, 2.75) is 74.5 Å². The van der Waals surface area contributed by atoms with Gasteiger partial charge in [0.15, 0.2) is 15.7 Å². The van der Waals surface area contributed by atoms with Crippen LogP contribution in [0.1, 0.15) is 55.6 Å². The van der Waals surface area contributed by atoms with E-state index < -0.39 is 27.8 Å². The second kappa shape index (κ2) is 27.3. The van der Waals surface area contributed by atoms with Gasteiger partial charge in [-0.3, -0.25) is 9.69 Å². The highest BCUT2D eigenvalue weighted by molar-refractivity contribution is 7.92. The van der Waals surface area contributed by atoms with Gasteiger partial charge in [0.05, 0.1) is 92.2 Å². The van der Waals surface area contributed by atoms with Crippen molar-refractivity contribution in [1.82, 2.24) is 29.7 Å². The molecule has 75 heavy (non-hydrogen) atoms. The van der Waals surface area contributed by atoms with Crippen LogP contribution in [0.5, 0.6) is 5.75 Å². The van der Waals surface area contributed by atoms with Crippen molar-refractivity contribution in [2.75, 3.05) is 121 Å². The van der Waals surface area contributed by atoms with Crippen LogP contribution < -0.4 is 31.3 Å². The first kappa shape index (κ1) is 56.9. The molecule has 7 rings (SSSR count). The molecule has 2 aliphatic heterocycles. The van der Waals surface area contributed by atoms with E-state index in [1.807, 2.05) is 6.07 Å². The van der Waals surface area contributed by atoms with Crippen LogP contribution in [0.2, 0.25) is 5.02 Å². The molecule has 2 saturated heterocycles. The first-order chi connectivity index (χ1) is 36.1. The molecule has 3 aromatic carbocycles. The summed E-state index contributed by atoms with van der Waals surface area (Å²) < 4.78 is 91.2. The molecule has 4 heterocycles. The number of ether oxygens (including phenoxy) is 4. The fraction of sp³-hybridized carbons (Fsp3) is 0.491. The number of carbonyl (C=O) groups excluding carboxylic acids is 1. The number of benzene rings is 3. The van der Waals surface area contributed by atoms with E-state index in [0.717, 1.165) is 64.1 Å². The molecule has 0 unspecified atom stereocenters. The smallest absolute Gasteiger partial charge is 0.406 e.